The lowest BCUT2D eigenvalue weighted by molar-refractivity contribution is -0.137. The number of para-hydroxylation sites is 1. The van der Waals surface area contributed by atoms with Gasteiger partial charge in [0.2, 0.25) is 11.8 Å². The molecule has 3 saturated heterocycles. The number of carbonyl (C=O) groups excluding carboxylic acids is 4. The molecule has 1 atom stereocenters. The predicted molar refractivity (Wildman–Crippen MR) is 122 cm³/mol. The van der Waals surface area contributed by atoms with E-state index >= 15 is 0 Å². The molecular weight excluding hydrogens is 439 g/mol. The van der Waals surface area contributed by atoms with Gasteiger partial charge in [0.1, 0.15) is 12.4 Å². The number of likely N-dealkylation sites (tertiary alicyclic amines) is 1. The molecule has 0 aromatic heterocycles. The molecule has 176 valence electrons. The Morgan fingerprint density at radius 1 is 0.853 bits per heavy atom. The van der Waals surface area contributed by atoms with Crippen LogP contribution in [0.15, 0.2) is 54.6 Å². The van der Waals surface area contributed by atoms with Crippen molar-refractivity contribution in [2.75, 3.05) is 36.0 Å². The van der Waals surface area contributed by atoms with E-state index in [1.807, 2.05) is 6.07 Å². The Morgan fingerprint density at radius 3 is 2.21 bits per heavy atom. The molecule has 0 aliphatic carbocycles. The summed E-state index contributed by atoms with van der Waals surface area (Å²) < 4.78 is 13.2. The first kappa shape index (κ1) is 22.1. The van der Waals surface area contributed by atoms with Gasteiger partial charge in [-0.3, -0.25) is 14.4 Å². The van der Waals surface area contributed by atoms with Crippen LogP contribution in [0.3, 0.4) is 0 Å². The second kappa shape index (κ2) is 8.89. The molecule has 0 bridgehead atoms. The lowest BCUT2D eigenvalue weighted by Crippen LogP contribution is -2.49. The van der Waals surface area contributed by atoms with Crippen LogP contribution in [-0.2, 0) is 14.4 Å². The standard InChI is InChI=1S/C25H25FN4O4/c26-18-6-8-19(9-7-18)28-15-17(14-22(28)31)24(33)27-12-10-20(11-13-27)29-16-23(32)30(25(29)34)21-4-2-1-3-5-21/h1-9,17,20H,10-16H2. The van der Waals surface area contributed by atoms with Gasteiger partial charge in [-0.1, -0.05) is 18.2 Å². The molecular formula is C25H25FN4O4. The molecule has 9 heteroatoms. The van der Waals surface area contributed by atoms with Gasteiger partial charge in [-0.15, -0.1) is 0 Å². The van der Waals surface area contributed by atoms with Crippen molar-refractivity contribution >= 4 is 35.1 Å². The SMILES string of the molecule is O=C(C1CC(=O)N(c2ccc(F)cc2)C1)N1CCC(N2CC(=O)N(c3ccccc3)C2=O)CC1. The summed E-state index contributed by atoms with van der Waals surface area (Å²) in [6.45, 7) is 1.24. The summed E-state index contributed by atoms with van der Waals surface area (Å²) in [5, 5.41) is 0. The van der Waals surface area contributed by atoms with Crippen LogP contribution in [0, 0.1) is 11.7 Å². The molecule has 8 nitrogen and oxygen atoms in total. The lowest BCUT2D eigenvalue weighted by Gasteiger charge is -2.37. The zero-order valence-corrected chi connectivity index (χ0v) is 18.6. The molecule has 3 heterocycles. The number of rotatable bonds is 4. The Morgan fingerprint density at radius 2 is 1.53 bits per heavy atom. The summed E-state index contributed by atoms with van der Waals surface area (Å²) >= 11 is 0. The number of piperidine rings is 1. The normalized spacial score (nSPS) is 21.7. The Kier molecular flexibility index (Phi) is 5.77. The predicted octanol–water partition coefficient (Wildman–Crippen LogP) is 2.64. The maximum atomic E-state index is 13.2. The number of benzene rings is 2. The molecule has 34 heavy (non-hydrogen) atoms. The third-order valence-corrected chi connectivity index (χ3v) is 6.84. The molecule has 1 unspecified atom stereocenters. The minimum atomic E-state index is -0.447. The van der Waals surface area contributed by atoms with E-state index in [-0.39, 0.29) is 55.1 Å². The molecule has 3 aliphatic rings. The van der Waals surface area contributed by atoms with Crippen molar-refractivity contribution in [2.45, 2.75) is 25.3 Å². The van der Waals surface area contributed by atoms with Crippen LogP contribution in [0.4, 0.5) is 20.6 Å². The molecule has 3 aliphatic heterocycles. The van der Waals surface area contributed by atoms with Gasteiger partial charge in [-0.2, -0.15) is 0 Å². The van der Waals surface area contributed by atoms with E-state index in [0.717, 1.165) is 0 Å². The first-order valence-corrected chi connectivity index (χ1v) is 11.5. The molecule has 2 aromatic rings. The Balaban J connectivity index is 1.18. The number of imide groups is 1. The number of amides is 5. The maximum absolute atomic E-state index is 13.2. The third-order valence-electron chi connectivity index (χ3n) is 6.84. The second-order valence-electron chi connectivity index (χ2n) is 8.91. The Labute approximate surface area is 196 Å². The molecule has 0 spiro atoms. The Bertz CT molecular complexity index is 1120. The number of anilines is 2. The van der Waals surface area contributed by atoms with Crippen molar-refractivity contribution in [3.63, 3.8) is 0 Å². The molecule has 0 radical (unpaired) electrons. The van der Waals surface area contributed by atoms with Crippen LogP contribution in [0.25, 0.3) is 0 Å². The summed E-state index contributed by atoms with van der Waals surface area (Å²) in [6, 6.07) is 14.1. The number of carbonyl (C=O) groups is 4. The Hall–Kier alpha value is -3.75. The van der Waals surface area contributed by atoms with Crippen molar-refractivity contribution in [3.8, 4) is 0 Å². The number of nitrogens with zero attached hydrogens (tertiary/aromatic N) is 4. The fraction of sp³-hybridized carbons (Fsp3) is 0.360. The zero-order chi connectivity index (χ0) is 23.8. The van der Waals surface area contributed by atoms with Gasteiger partial charge in [0.25, 0.3) is 5.91 Å². The molecule has 2 aromatic carbocycles. The highest BCUT2D eigenvalue weighted by Crippen LogP contribution is 2.29. The van der Waals surface area contributed by atoms with E-state index < -0.39 is 5.92 Å². The van der Waals surface area contributed by atoms with Gasteiger partial charge in [0.05, 0.1) is 11.6 Å². The van der Waals surface area contributed by atoms with E-state index in [1.54, 1.807) is 46.2 Å². The quantitative estimate of drug-likeness (QED) is 0.652. The molecule has 0 N–H and O–H groups in total. The van der Waals surface area contributed by atoms with Crippen molar-refractivity contribution in [1.82, 2.24) is 9.80 Å². The minimum absolute atomic E-state index is 0.0378. The number of hydrogen-bond donors (Lipinski definition) is 0. The van der Waals surface area contributed by atoms with E-state index in [1.165, 1.54) is 21.9 Å². The highest BCUT2D eigenvalue weighted by Gasteiger charge is 2.43. The van der Waals surface area contributed by atoms with E-state index in [4.69, 9.17) is 0 Å². The highest BCUT2D eigenvalue weighted by molar-refractivity contribution is 6.19. The monoisotopic (exact) mass is 464 g/mol. The third kappa shape index (κ3) is 4.02. The van der Waals surface area contributed by atoms with Crippen molar-refractivity contribution < 1.29 is 23.6 Å². The number of urea groups is 1. The van der Waals surface area contributed by atoms with Gasteiger partial charge in [0.15, 0.2) is 0 Å². The van der Waals surface area contributed by atoms with Crippen LogP contribution >= 0.6 is 0 Å². The van der Waals surface area contributed by atoms with E-state index in [0.29, 0.717) is 37.3 Å². The number of halogens is 1. The van der Waals surface area contributed by atoms with Gasteiger partial charge < -0.3 is 14.7 Å². The lowest BCUT2D eigenvalue weighted by atomic mass is 10.0. The first-order valence-electron chi connectivity index (χ1n) is 11.5. The van der Waals surface area contributed by atoms with Gasteiger partial charge in [-0.25, -0.2) is 14.1 Å². The van der Waals surface area contributed by atoms with Crippen molar-refractivity contribution in [1.29, 1.82) is 0 Å². The first-order chi connectivity index (χ1) is 16.4. The minimum Gasteiger partial charge on any atom is -0.342 e. The van der Waals surface area contributed by atoms with Crippen LogP contribution in [0.1, 0.15) is 19.3 Å². The van der Waals surface area contributed by atoms with E-state index in [9.17, 15) is 23.6 Å². The van der Waals surface area contributed by atoms with Crippen LogP contribution in [0.5, 0.6) is 0 Å². The van der Waals surface area contributed by atoms with Gasteiger partial charge in [-0.05, 0) is 49.2 Å². The van der Waals surface area contributed by atoms with Crippen molar-refractivity contribution in [3.05, 3.63) is 60.4 Å². The fourth-order valence-electron chi connectivity index (χ4n) is 5.04. The van der Waals surface area contributed by atoms with Gasteiger partial charge in [0, 0.05) is 37.8 Å². The largest absolute Gasteiger partial charge is 0.342 e. The maximum Gasteiger partial charge on any atom is 0.332 e. The molecule has 3 fully saturated rings. The summed E-state index contributed by atoms with van der Waals surface area (Å²) in [5.41, 5.74) is 1.14. The summed E-state index contributed by atoms with van der Waals surface area (Å²) in [4.78, 5) is 57.2. The smallest absolute Gasteiger partial charge is 0.332 e. The topological polar surface area (TPSA) is 81.2 Å². The molecule has 5 amide bonds. The number of hydrogen-bond acceptors (Lipinski definition) is 4. The average Bonchev–Trinajstić information content (AvgIpc) is 3.38. The molecule has 0 saturated carbocycles. The highest BCUT2D eigenvalue weighted by atomic mass is 19.1. The molecule has 5 rings (SSSR count). The average molecular weight is 464 g/mol. The van der Waals surface area contributed by atoms with Crippen LogP contribution in [-0.4, -0.2) is 65.8 Å². The zero-order valence-electron chi connectivity index (χ0n) is 18.6. The van der Waals surface area contributed by atoms with Crippen LogP contribution < -0.4 is 9.80 Å². The summed E-state index contributed by atoms with van der Waals surface area (Å²) in [5.74, 6) is -1.30. The van der Waals surface area contributed by atoms with Gasteiger partial charge >= 0.3 is 6.03 Å². The summed E-state index contributed by atoms with van der Waals surface area (Å²) in [6.07, 6.45) is 1.28. The summed E-state index contributed by atoms with van der Waals surface area (Å²) in [7, 11) is 0. The fourth-order valence-corrected chi connectivity index (χ4v) is 5.04. The van der Waals surface area contributed by atoms with E-state index in [2.05, 4.69) is 0 Å². The second-order valence-corrected chi connectivity index (χ2v) is 8.91. The van der Waals surface area contributed by atoms with Crippen molar-refractivity contribution in [2.24, 2.45) is 5.92 Å². The van der Waals surface area contributed by atoms with Crippen LogP contribution in [0.2, 0.25) is 0 Å².